The lowest BCUT2D eigenvalue weighted by molar-refractivity contribution is -0.148. The summed E-state index contributed by atoms with van der Waals surface area (Å²) in [4.78, 5) is 47.3. The Hall–Kier alpha value is -4.44. The third-order valence-corrected chi connectivity index (χ3v) is 10.5. The number of carboxylic acids is 1. The minimum Gasteiger partial charge on any atom is -0.479 e. The quantitative estimate of drug-likeness (QED) is 0.220. The van der Waals surface area contributed by atoms with Gasteiger partial charge in [0.2, 0.25) is 11.8 Å². The van der Waals surface area contributed by atoms with Crippen LogP contribution in [-0.4, -0.2) is 63.0 Å². The second-order valence-corrected chi connectivity index (χ2v) is 13.7. The second kappa shape index (κ2) is 12.7. The zero-order valence-corrected chi connectivity index (χ0v) is 26.4. The fourth-order valence-corrected chi connectivity index (χ4v) is 7.99. The van der Waals surface area contributed by atoms with E-state index in [1.807, 2.05) is 60.7 Å². The number of carbonyl (C=O) groups excluding carboxylic acids is 2. The first-order chi connectivity index (χ1) is 22.4. The van der Waals surface area contributed by atoms with Gasteiger partial charge in [0, 0.05) is 18.5 Å². The lowest BCUT2D eigenvalue weighted by Crippen LogP contribution is -2.58. The summed E-state index contributed by atoms with van der Waals surface area (Å²) in [5, 5.41) is 19.4. The number of hydrogen-bond acceptors (Lipinski definition) is 7. The molecule has 2 bridgehead atoms. The van der Waals surface area contributed by atoms with Crippen molar-refractivity contribution in [2.24, 2.45) is 0 Å². The molecule has 7 rings (SSSR count). The summed E-state index contributed by atoms with van der Waals surface area (Å²) in [6.45, 7) is 0.202. The maximum Gasteiger partial charge on any atom is 0.329 e. The number of thiazole rings is 1. The van der Waals surface area contributed by atoms with Crippen molar-refractivity contribution in [1.82, 2.24) is 15.2 Å². The van der Waals surface area contributed by atoms with Gasteiger partial charge < -0.3 is 25.4 Å². The average Bonchev–Trinajstić information content (AvgIpc) is 3.78. The summed E-state index contributed by atoms with van der Waals surface area (Å²) in [5.74, 6) is -1.68. The Bertz CT molecular complexity index is 1790. The molecule has 3 heterocycles. The third kappa shape index (κ3) is 6.18. The molecule has 1 saturated carbocycles. The molecule has 2 aliphatic heterocycles. The van der Waals surface area contributed by atoms with Crippen LogP contribution in [0.2, 0.25) is 0 Å². The number of hydrogen-bond donors (Lipinski definition) is 3. The number of carboxylic acid groups (broad SMARTS) is 1. The number of carbonyl (C=O) groups is 3. The van der Waals surface area contributed by atoms with E-state index < -0.39 is 35.6 Å². The molecule has 3 N–H and O–H groups in total. The molecule has 0 radical (unpaired) electrons. The zero-order valence-electron chi connectivity index (χ0n) is 25.6. The van der Waals surface area contributed by atoms with Gasteiger partial charge in [-0.25, -0.2) is 9.78 Å². The van der Waals surface area contributed by atoms with Crippen molar-refractivity contribution >= 4 is 55.8 Å². The van der Waals surface area contributed by atoms with E-state index in [-0.39, 0.29) is 25.3 Å². The van der Waals surface area contributed by atoms with Gasteiger partial charge in [-0.15, -0.1) is 0 Å². The molecule has 4 aromatic rings. The molecule has 1 saturated heterocycles. The number of nitrogens with one attached hydrogen (secondary N) is 2. The topological polar surface area (TPSA) is 121 Å². The molecule has 4 atom stereocenters. The normalized spacial score (nSPS) is 26.9. The van der Waals surface area contributed by atoms with E-state index in [2.05, 4.69) is 27.8 Å². The van der Waals surface area contributed by atoms with E-state index in [9.17, 15) is 19.5 Å². The minimum atomic E-state index is -1.38. The van der Waals surface area contributed by atoms with E-state index >= 15 is 0 Å². The highest BCUT2D eigenvalue weighted by Gasteiger charge is 2.49. The van der Waals surface area contributed by atoms with Crippen molar-refractivity contribution in [3.63, 3.8) is 0 Å². The van der Waals surface area contributed by atoms with Crippen LogP contribution in [0.4, 0.5) is 5.69 Å². The van der Waals surface area contributed by atoms with Crippen molar-refractivity contribution in [2.45, 2.75) is 81.5 Å². The summed E-state index contributed by atoms with van der Waals surface area (Å²) in [6.07, 6.45) is 7.38. The first-order valence-corrected chi connectivity index (χ1v) is 17.0. The number of nitrogens with zero attached hydrogens (tertiary/aromatic N) is 2. The molecule has 46 heavy (non-hydrogen) atoms. The standard InChI is InChI=1S/C36H38N4O5S/c41-32-30-20-27(45-35-38-28-12-7-8-14-31(28)46-35)22-40(30)33(42)29(37-26-16-15-24-10-5-6-11-25(24)19-26)13-4-2-1-3-9-23-17-18-36(21-23,39-32)34(43)44/h5-12,14-16,19,27,29-30,37H,1-4,13,17-18,20-22H2,(H,39,41)(H,43,44)/b23-9-/t27-,29+,30+,36-/m1/s1. The summed E-state index contributed by atoms with van der Waals surface area (Å²) in [7, 11) is 0. The molecular weight excluding hydrogens is 600 g/mol. The van der Waals surface area contributed by atoms with Crippen molar-refractivity contribution in [3.05, 3.63) is 78.4 Å². The van der Waals surface area contributed by atoms with Gasteiger partial charge in [-0.3, -0.25) is 9.59 Å². The Kier molecular flexibility index (Phi) is 8.38. The van der Waals surface area contributed by atoms with Gasteiger partial charge in [-0.05, 0) is 67.1 Å². The largest absolute Gasteiger partial charge is 0.479 e. The molecule has 0 unspecified atom stereocenters. The van der Waals surface area contributed by atoms with Gasteiger partial charge in [0.25, 0.3) is 5.19 Å². The third-order valence-electron chi connectivity index (χ3n) is 9.58. The molecule has 3 aliphatic rings. The number of fused-ring (bicyclic) bond motifs is 5. The number of allylic oxidation sites excluding steroid dienone is 1. The molecule has 3 aromatic carbocycles. The van der Waals surface area contributed by atoms with Crippen LogP contribution in [-0.2, 0) is 14.4 Å². The zero-order chi connectivity index (χ0) is 31.7. The lowest BCUT2D eigenvalue weighted by Gasteiger charge is -2.32. The summed E-state index contributed by atoms with van der Waals surface area (Å²) in [6, 6.07) is 20.5. The van der Waals surface area contributed by atoms with Crippen molar-refractivity contribution < 1.29 is 24.2 Å². The van der Waals surface area contributed by atoms with Crippen molar-refractivity contribution in [1.29, 1.82) is 0 Å². The van der Waals surface area contributed by atoms with Gasteiger partial charge in [0.15, 0.2) is 0 Å². The molecule has 2 fully saturated rings. The Labute approximate surface area is 271 Å². The SMILES string of the molecule is O=C1N[C@]2(C(=O)O)CC/C(=C/CCCCC[C@H](Nc3ccc4ccccc4c3)C(=O)N3C[C@H](Oc4nc5ccccc5s4)C[C@@H]13)C2. The number of rotatable bonds is 5. The number of aliphatic carboxylic acids is 1. The molecule has 238 valence electrons. The monoisotopic (exact) mass is 638 g/mol. The molecule has 1 aliphatic carbocycles. The first kappa shape index (κ1) is 30.2. The number of aromatic nitrogens is 1. The molecular formula is C36H38N4O5S. The Morgan fingerprint density at radius 1 is 1.04 bits per heavy atom. The van der Waals surface area contributed by atoms with Crippen molar-refractivity contribution in [3.8, 4) is 5.19 Å². The van der Waals surface area contributed by atoms with Gasteiger partial charge >= 0.3 is 5.97 Å². The lowest BCUT2D eigenvalue weighted by atomic mass is 9.96. The van der Waals surface area contributed by atoms with Gasteiger partial charge in [0.05, 0.1) is 16.8 Å². The van der Waals surface area contributed by atoms with Crippen LogP contribution in [0, 0.1) is 0 Å². The predicted octanol–water partition coefficient (Wildman–Crippen LogP) is 6.29. The van der Waals surface area contributed by atoms with E-state index in [0.29, 0.717) is 24.5 Å². The summed E-state index contributed by atoms with van der Waals surface area (Å²) < 4.78 is 7.32. The van der Waals surface area contributed by atoms with Crippen LogP contribution in [0.3, 0.4) is 0 Å². The smallest absolute Gasteiger partial charge is 0.329 e. The van der Waals surface area contributed by atoms with Crippen molar-refractivity contribution in [2.75, 3.05) is 11.9 Å². The molecule has 0 spiro atoms. The summed E-state index contributed by atoms with van der Waals surface area (Å²) in [5.41, 5.74) is 1.36. The van der Waals surface area contributed by atoms with E-state index in [0.717, 1.165) is 57.9 Å². The van der Waals surface area contributed by atoms with E-state index in [1.54, 1.807) is 4.90 Å². The maximum absolute atomic E-state index is 14.5. The highest BCUT2D eigenvalue weighted by Crippen LogP contribution is 2.37. The Morgan fingerprint density at radius 2 is 1.87 bits per heavy atom. The van der Waals surface area contributed by atoms with Crippen LogP contribution in [0.5, 0.6) is 5.19 Å². The number of ether oxygens (including phenoxy) is 1. The number of para-hydroxylation sites is 1. The van der Waals surface area contributed by atoms with Crippen LogP contribution < -0.4 is 15.4 Å². The maximum atomic E-state index is 14.5. The number of anilines is 1. The Balaban J connectivity index is 1.20. The van der Waals surface area contributed by atoms with Gasteiger partial charge in [0.1, 0.15) is 23.7 Å². The van der Waals surface area contributed by atoms with E-state index in [1.165, 1.54) is 11.3 Å². The van der Waals surface area contributed by atoms with Crippen LogP contribution in [0.25, 0.3) is 21.0 Å². The highest BCUT2D eigenvalue weighted by atomic mass is 32.1. The second-order valence-electron chi connectivity index (χ2n) is 12.7. The molecule has 2 amide bonds. The minimum absolute atomic E-state index is 0.187. The number of amides is 2. The van der Waals surface area contributed by atoms with Gasteiger partial charge in [-0.1, -0.05) is 78.3 Å². The van der Waals surface area contributed by atoms with E-state index in [4.69, 9.17) is 4.74 Å². The van der Waals surface area contributed by atoms with Crippen LogP contribution in [0.1, 0.15) is 57.8 Å². The van der Waals surface area contributed by atoms with Crippen LogP contribution >= 0.6 is 11.3 Å². The highest BCUT2D eigenvalue weighted by molar-refractivity contribution is 7.20. The Morgan fingerprint density at radius 3 is 2.72 bits per heavy atom. The fraction of sp³-hybridized carbons (Fsp3) is 0.389. The summed E-state index contributed by atoms with van der Waals surface area (Å²) >= 11 is 1.43. The molecule has 10 heteroatoms. The van der Waals surface area contributed by atoms with Gasteiger partial charge in [-0.2, -0.15) is 0 Å². The fourth-order valence-electron chi connectivity index (χ4n) is 7.11. The first-order valence-electron chi connectivity index (χ1n) is 16.2. The predicted molar refractivity (Wildman–Crippen MR) is 179 cm³/mol. The molecule has 9 nitrogen and oxygen atoms in total. The molecule has 1 aromatic heterocycles. The number of benzene rings is 3. The average molecular weight is 639 g/mol. The van der Waals surface area contributed by atoms with Crippen LogP contribution in [0.15, 0.2) is 78.4 Å².